The highest BCUT2D eigenvalue weighted by atomic mass is 35.5. The topological polar surface area (TPSA) is 83.6 Å². The third-order valence-electron chi connectivity index (χ3n) is 6.98. The summed E-state index contributed by atoms with van der Waals surface area (Å²) in [5.41, 5.74) is 5.47. The third-order valence-corrected chi connectivity index (χ3v) is 7.59. The zero-order valence-corrected chi connectivity index (χ0v) is 22.8. The molecule has 0 spiro atoms. The minimum Gasteiger partial charge on any atom is -0.369 e. The molecule has 38 heavy (non-hydrogen) atoms. The molecule has 1 saturated heterocycles. The van der Waals surface area contributed by atoms with Crippen LogP contribution in [0.15, 0.2) is 53.7 Å². The SMILES string of the molecule is Cc1cc(Nc2ncc3c(=O)n(-c4c(Cl)cccc4Cl)n4ccnc4c3n2)cc(C)c1N1CCN(C)CC1. The van der Waals surface area contributed by atoms with E-state index in [4.69, 9.17) is 28.2 Å². The molecule has 2 aromatic carbocycles. The Bertz CT molecular complexity index is 1710. The van der Waals surface area contributed by atoms with E-state index in [0.29, 0.717) is 38.2 Å². The van der Waals surface area contributed by atoms with Gasteiger partial charge in [0.1, 0.15) is 11.2 Å². The Kier molecular flexibility index (Phi) is 6.22. The molecule has 3 aromatic heterocycles. The summed E-state index contributed by atoms with van der Waals surface area (Å²) in [5.74, 6) is 0.376. The molecule has 194 valence electrons. The largest absolute Gasteiger partial charge is 0.369 e. The highest BCUT2D eigenvalue weighted by Crippen LogP contribution is 2.31. The summed E-state index contributed by atoms with van der Waals surface area (Å²) < 4.78 is 3.00. The van der Waals surface area contributed by atoms with Crippen molar-refractivity contribution >= 4 is 57.1 Å². The van der Waals surface area contributed by atoms with E-state index >= 15 is 0 Å². The van der Waals surface area contributed by atoms with Gasteiger partial charge >= 0.3 is 0 Å². The van der Waals surface area contributed by atoms with Crippen LogP contribution in [0.4, 0.5) is 17.3 Å². The maximum Gasteiger partial charge on any atom is 0.281 e. The van der Waals surface area contributed by atoms with Gasteiger partial charge in [-0.2, -0.15) is 0 Å². The maximum atomic E-state index is 13.6. The molecule has 1 aliphatic heterocycles. The van der Waals surface area contributed by atoms with Crippen molar-refractivity contribution in [1.29, 1.82) is 0 Å². The fraction of sp³-hybridized carbons (Fsp3) is 0.259. The Labute approximate surface area is 229 Å². The van der Waals surface area contributed by atoms with Gasteiger partial charge in [-0.05, 0) is 56.3 Å². The number of rotatable bonds is 4. The molecule has 0 unspecified atom stereocenters. The molecule has 0 saturated carbocycles. The van der Waals surface area contributed by atoms with Crippen molar-refractivity contribution in [2.24, 2.45) is 0 Å². The Morgan fingerprint density at radius 1 is 0.947 bits per heavy atom. The zero-order chi connectivity index (χ0) is 26.6. The zero-order valence-electron chi connectivity index (χ0n) is 21.2. The van der Waals surface area contributed by atoms with Crippen LogP contribution in [-0.2, 0) is 0 Å². The van der Waals surface area contributed by atoms with Crippen LogP contribution in [0.25, 0.3) is 22.2 Å². The first-order chi connectivity index (χ1) is 18.3. The minimum absolute atomic E-state index is 0.308. The van der Waals surface area contributed by atoms with Crippen LogP contribution in [0.2, 0.25) is 10.0 Å². The number of hydrogen-bond acceptors (Lipinski definition) is 7. The van der Waals surface area contributed by atoms with Crippen molar-refractivity contribution in [3.63, 3.8) is 0 Å². The first-order valence-electron chi connectivity index (χ1n) is 12.3. The summed E-state index contributed by atoms with van der Waals surface area (Å²) >= 11 is 12.9. The Hall–Kier alpha value is -3.66. The molecule has 6 rings (SSSR count). The number of aryl methyl sites for hydroxylation is 2. The lowest BCUT2D eigenvalue weighted by atomic mass is 10.1. The normalized spacial score (nSPS) is 14.5. The lowest BCUT2D eigenvalue weighted by molar-refractivity contribution is 0.312. The molecule has 4 heterocycles. The molecule has 0 atom stereocenters. The van der Waals surface area contributed by atoms with E-state index in [1.807, 2.05) is 0 Å². The van der Waals surface area contributed by atoms with Crippen molar-refractivity contribution in [2.45, 2.75) is 13.8 Å². The van der Waals surface area contributed by atoms with E-state index in [0.717, 1.165) is 31.9 Å². The van der Waals surface area contributed by atoms with Crippen LogP contribution >= 0.6 is 23.2 Å². The predicted molar refractivity (Wildman–Crippen MR) is 153 cm³/mol. The van der Waals surface area contributed by atoms with Crippen LogP contribution in [-0.4, -0.2) is 62.3 Å². The van der Waals surface area contributed by atoms with Crippen LogP contribution in [0.1, 0.15) is 11.1 Å². The van der Waals surface area contributed by atoms with Gasteiger partial charge in [-0.25, -0.2) is 24.1 Å². The summed E-state index contributed by atoms with van der Waals surface area (Å²) in [6.45, 7) is 8.38. The quantitative estimate of drug-likeness (QED) is 0.343. The van der Waals surface area contributed by atoms with Crippen LogP contribution in [0.5, 0.6) is 0 Å². The maximum absolute atomic E-state index is 13.6. The molecule has 9 nitrogen and oxygen atoms in total. The second-order valence-electron chi connectivity index (χ2n) is 9.61. The number of imidazole rings is 1. The van der Waals surface area contributed by atoms with Gasteiger partial charge in [0, 0.05) is 56.1 Å². The van der Waals surface area contributed by atoms with Gasteiger partial charge in [-0.1, -0.05) is 29.3 Å². The van der Waals surface area contributed by atoms with E-state index in [-0.39, 0.29) is 5.56 Å². The predicted octanol–water partition coefficient (Wildman–Crippen LogP) is 4.85. The van der Waals surface area contributed by atoms with Crippen LogP contribution < -0.4 is 15.8 Å². The van der Waals surface area contributed by atoms with Gasteiger partial charge in [0.15, 0.2) is 5.65 Å². The molecule has 0 aliphatic carbocycles. The standard InChI is InChI=1S/C27H26Cl2N8O/c1-16-13-18(14-17(2)23(16)35-11-9-34(3)10-12-35)32-27-31-15-19-22(33-27)25-30-7-8-36(25)37(26(19)38)24-20(28)5-4-6-21(24)29/h4-8,13-15H,9-12H2,1-3H3,(H,31,32,33). The van der Waals surface area contributed by atoms with E-state index in [1.54, 1.807) is 35.1 Å². The van der Waals surface area contributed by atoms with Gasteiger partial charge in [0.25, 0.3) is 5.56 Å². The second kappa shape index (κ2) is 9.58. The van der Waals surface area contributed by atoms with Crippen molar-refractivity contribution in [3.05, 3.63) is 80.4 Å². The number of benzene rings is 2. The number of nitrogens with one attached hydrogen (secondary N) is 1. The molecule has 5 aromatic rings. The lowest BCUT2D eigenvalue weighted by Crippen LogP contribution is -2.45. The number of anilines is 3. The second-order valence-corrected chi connectivity index (χ2v) is 10.4. The van der Waals surface area contributed by atoms with Gasteiger partial charge in [-0.15, -0.1) is 0 Å². The summed E-state index contributed by atoms with van der Waals surface area (Å²) in [6, 6.07) is 9.32. The van der Waals surface area contributed by atoms with Crippen molar-refractivity contribution in [2.75, 3.05) is 43.4 Å². The highest BCUT2D eigenvalue weighted by Gasteiger charge is 2.20. The van der Waals surface area contributed by atoms with E-state index in [9.17, 15) is 4.79 Å². The summed E-state index contributed by atoms with van der Waals surface area (Å²) in [4.78, 5) is 32.0. The van der Waals surface area contributed by atoms with Crippen LogP contribution in [0.3, 0.4) is 0 Å². The smallest absolute Gasteiger partial charge is 0.281 e. The number of aromatic nitrogens is 5. The van der Waals surface area contributed by atoms with Crippen LogP contribution in [0, 0.1) is 13.8 Å². The first-order valence-corrected chi connectivity index (χ1v) is 13.1. The average Bonchev–Trinajstić information content (AvgIpc) is 3.36. The van der Waals surface area contributed by atoms with Gasteiger partial charge < -0.3 is 15.1 Å². The lowest BCUT2D eigenvalue weighted by Gasteiger charge is -2.36. The Balaban J connectivity index is 1.40. The molecule has 0 amide bonds. The van der Waals surface area contributed by atoms with E-state index in [1.165, 1.54) is 27.7 Å². The molecule has 0 bridgehead atoms. The molecule has 1 aliphatic rings. The van der Waals surface area contributed by atoms with Crippen molar-refractivity contribution in [3.8, 4) is 5.69 Å². The van der Waals surface area contributed by atoms with Gasteiger partial charge in [0.2, 0.25) is 5.95 Å². The van der Waals surface area contributed by atoms with E-state index in [2.05, 4.69) is 58.1 Å². The summed E-state index contributed by atoms with van der Waals surface area (Å²) in [7, 11) is 2.16. The number of likely N-dealkylation sites (N-methyl/N-ethyl adjacent to an activating group) is 1. The Morgan fingerprint density at radius 3 is 2.32 bits per heavy atom. The first kappa shape index (κ1) is 24.7. The number of hydrogen-bond donors (Lipinski definition) is 1. The fourth-order valence-electron chi connectivity index (χ4n) is 5.20. The molecular formula is C27H26Cl2N8O. The number of piperazine rings is 1. The summed E-state index contributed by atoms with van der Waals surface area (Å²) in [6.07, 6.45) is 4.80. The highest BCUT2D eigenvalue weighted by molar-refractivity contribution is 6.37. The number of fused-ring (bicyclic) bond motifs is 3. The molecule has 1 fully saturated rings. The molecule has 0 radical (unpaired) electrons. The number of halogens is 2. The Morgan fingerprint density at radius 2 is 1.63 bits per heavy atom. The van der Waals surface area contributed by atoms with Gasteiger partial charge in [-0.3, -0.25) is 4.79 Å². The minimum atomic E-state index is -0.352. The average molecular weight is 549 g/mol. The van der Waals surface area contributed by atoms with Crippen molar-refractivity contribution in [1.82, 2.24) is 29.0 Å². The number of para-hydroxylation sites is 1. The van der Waals surface area contributed by atoms with Crippen molar-refractivity contribution < 1.29 is 0 Å². The van der Waals surface area contributed by atoms with E-state index < -0.39 is 0 Å². The monoisotopic (exact) mass is 548 g/mol. The third kappa shape index (κ3) is 4.16. The fourth-order valence-corrected chi connectivity index (χ4v) is 5.75. The molecule has 1 N–H and O–H groups in total. The molecular weight excluding hydrogens is 523 g/mol. The molecule has 11 heteroatoms. The summed E-state index contributed by atoms with van der Waals surface area (Å²) in [5, 5.41) is 4.32. The number of nitrogens with zero attached hydrogens (tertiary/aromatic N) is 7. The van der Waals surface area contributed by atoms with Gasteiger partial charge in [0.05, 0.1) is 15.4 Å².